The van der Waals surface area contributed by atoms with Crippen LogP contribution in [0, 0.1) is 5.41 Å². The maximum absolute atomic E-state index is 13.6. The van der Waals surface area contributed by atoms with Gasteiger partial charge in [0, 0.05) is 26.7 Å². The van der Waals surface area contributed by atoms with Crippen LogP contribution in [0.3, 0.4) is 0 Å². The average Bonchev–Trinajstić information content (AvgIpc) is 3.29. The van der Waals surface area contributed by atoms with E-state index in [2.05, 4.69) is 12.1 Å². The molecule has 0 bridgehead atoms. The first kappa shape index (κ1) is 16.6. The van der Waals surface area contributed by atoms with Crippen LogP contribution in [0.2, 0.25) is 0 Å². The van der Waals surface area contributed by atoms with E-state index in [9.17, 15) is 9.59 Å². The first-order valence-electron chi connectivity index (χ1n) is 9.68. The Balaban J connectivity index is 1.59. The molecule has 0 unspecified atom stereocenters. The maximum Gasteiger partial charge on any atom is 0.233 e. The van der Waals surface area contributed by atoms with Crippen molar-refractivity contribution in [2.24, 2.45) is 5.41 Å². The molecule has 1 aliphatic carbocycles. The topological polar surface area (TPSA) is 40.6 Å². The molecule has 1 aromatic carbocycles. The van der Waals surface area contributed by atoms with Gasteiger partial charge >= 0.3 is 0 Å². The molecule has 1 spiro atoms. The van der Waals surface area contributed by atoms with Crippen LogP contribution >= 0.6 is 0 Å². The van der Waals surface area contributed by atoms with Crippen LogP contribution in [0.1, 0.15) is 50.5 Å². The summed E-state index contributed by atoms with van der Waals surface area (Å²) in [6.07, 6.45) is 6.90. The second-order valence-corrected chi connectivity index (χ2v) is 8.24. The Kier molecular flexibility index (Phi) is 4.09. The molecule has 1 saturated carbocycles. The molecule has 4 heteroatoms. The predicted molar refractivity (Wildman–Crippen MR) is 97.1 cm³/mol. The summed E-state index contributed by atoms with van der Waals surface area (Å²) in [4.78, 5) is 30.2. The molecule has 134 valence electrons. The van der Waals surface area contributed by atoms with E-state index in [0.29, 0.717) is 6.54 Å². The molecule has 1 atom stereocenters. The molecule has 4 nitrogen and oxygen atoms in total. The number of piperidine rings is 1. The third-order valence-electron chi connectivity index (χ3n) is 6.78. The van der Waals surface area contributed by atoms with Crippen molar-refractivity contribution in [2.45, 2.75) is 50.4 Å². The number of hydrogen-bond donors (Lipinski definition) is 0. The van der Waals surface area contributed by atoms with Crippen molar-refractivity contribution in [2.75, 3.05) is 26.7 Å². The lowest BCUT2D eigenvalue weighted by Crippen LogP contribution is -2.50. The molecule has 1 aromatic rings. The van der Waals surface area contributed by atoms with E-state index in [1.54, 1.807) is 0 Å². The molecule has 4 rings (SSSR count). The molecule has 2 amide bonds. The number of carbonyl (C=O) groups is 2. The van der Waals surface area contributed by atoms with E-state index in [0.717, 1.165) is 63.6 Å². The van der Waals surface area contributed by atoms with Crippen molar-refractivity contribution in [1.29, 1.82) is 0 Å². The normalized spacial score (nSPS) is 28.8. The van der Waals surface area contributed by atoms with Crippen LogP contribution in [0.25, 0.3) is 0 Å². The average molecular weight is 340 g/mol. The summed E-state index contributed by atoms with van der Waals surface area (Å²) in [6.45, 7) is 2.19. The number of rotatable bonds is 2. The zero-order valence-electron chi connectivity index (χ0n) is 15.2. The predicted octanol–water partition coefficient (Wildman–Crippen LogP) is 2.97. The smallest absolute Gasteiger partial charge is 0.233 e. The summed E-state index contributed by atoms with van der Waals surface area (Å²) >= 11 is 0. The Hall–Kier alpha value is -1.84. The third-order valence-corrected chi connectivity index (χ3v) is 6.78. The minimum absolute atomic E-state index is 0.245. The van der Waals surface area contributed by atoms with Gasteiger partial charge in [-0.2, -0.15) is 0 Å². The van der Waals surface area contributed by atoms with Gasteiger partial charge in [0.15, 0.2) is 0 Å². The largest absolute Gasteiger partial charge is 0.345 e. The van der Waals surface area contributed by atoms with Crippen LogP contribution in [0.4, 0.5) is 0 Å². The second-order valence-electron chi connectivity index (χ2n) is 8.24. The van der Waals surface area contributed by atoms with Crippen LogP contribution in [0.15, 0.2) is 30.3 Å². The van der Waals surface area contributed by atoms with E-state index in [4.69, 9.17) is 0 Å². The lowest BCUT2D eigenvalue weighted by atomic mass is 9.76. The number of carbonyl (C=O) groups excluding carboxylic acids is 2. The highest BCUT2D eigenvalue weighted by Gasteiger charge is 2.52. The van der Waals surface area contributed by atoms with Crippen molar-refractivity contribution in [3.63, 3.8) is 0 Å². The van der Waals surface area contributed by atoms with Gasteiger partial charge in [-0.05, 0) is 37.7 Å². The molecule has 2 saturated heterocycles. The Morgan fingerprint density at radius 1 is 0.960 bits per heavy atom. The Labute approximate surface area is 150 Å². The van der Waals surface area contributed by atoms with Gasteiger partial charge in [-0.1, -0.05) is 43.2 Å². The summed E-state index contributed by atoms with van der Waals surface area (Å²) in [7, 11) is 1.90. The van der Waals surface area contributed by atoms with Crippen molar-refractivity contribution < 1.29 is 9.59 Å². The fraction of sp³-hybridized carbons (Fsp3) is 0.619. The Morgan fingerprint density at radius 2 is 1.68 bits per heavy atom. The Bertz CT molecular complexity index is 666. The van der Waals surface area contributed by atoms with Gasteiger partial charge in [-0.15, -0.1) is 0 Å². The second kappa shape index (κ2) is 6.15. The van der Waals surface area contributed by atoms with E-state index in [1.807, 2.05) is 35.0 Å². The molecule has 25 heavy (non-hydrogen) atoms. The van der Waals surface area contributed by atoms with Crippen LogP contribution in [-0.4, -0.2) is 48.3 Å². The fourth-order valence-corrected chi connectivity index (χ4v) is 5.36. The third kappa shape index (κ3) is 2.57. The molecule has 2 heterocycles. The van der Waals surface area contributed by atoms with Gasteiger partial charge in [0.1, 0.15) is 0 Å². The van der Waals surface area contributed by atoms with Gasteiger partial charge in [-0.25, -0.2) is 0 Å². The van der Waals surface area contributed by atoms with Crippen molar-refractivity contribution >= 4 is 11.8 Å². The lowest BCUT2D eigenvalue weighted by molar-refractivity contribution is -0.145. The molecule has 0 radical (unpaired) electrons. The van der Waals surface area contributed by atoms with E-state index in [1.165, 1.54) is 0 Å². The highest BCUT2D eigenvalue weighted by Crippen LogP contribution is 2.46. The van der Waals surface area contributed by atoms with Gasteiger partial charge < -0.3 is 9.80 Å². The molecular weight excluding hydrogens is 312 g/mol. The summed E-state index contributed by atoms with van der Waals surface area (Å²) in [6, 6.07) is 10.3. The highest BCUT2D eigenvalue weighted by atomic mass is 16.2. The fourth-order valence-electron chi connectivity index (χ4n) is 5.36. The minimum atomic E-state index is -0.365. The van der Waals surface area contributed by atoms with Gasteiger partial charge in [0.25, 0.3) is 0 Å². The first-order valence-corrected chi connectivity index (χ1v) is 9.68. The van der Waals surface area contributed by atoms with Gasteiger partial charge in [-0.3, -0.25) is 9.59 Å². The first-order chi connectivity index (χ1) is 12.1. The van der Waals surface area contributed by atoms with Crippen LogP contribution < -0.4 is 0 Å². The number of benzene rings is 1. The maximum atomic E-state index is 13.6. The molecule has 3 fully saturated rings. The van der Waals surface area contributed by atoms with E-state index in [-0.39, 0.29) is 22.6 Å². The zero-order valence-corrected chi connectivity index (χ0v) is 15.2. The Morgan fingerprint density at radius 3 is 2.40 bits per heavy atom. The number of nitrogens with zero attached hydrogens (tertiary/aromatic N) is 2. The standard InChI is InChI=1S/C21H28N2O2/c1-22-14-7-10-20(18(22)24)13-15-23(16-20)19(25)21(11-5-6-12-21)17-8-3-2-4-9-17/h2-4,8-9H,5-7,10-16H2,1H3/t20-/m1/s1. The molecular formula is C21H28N2O2. The van der Waals surface area contributed by atoms with Crippen molar-refractivity contribution in [1.82, 2.24) is 9.80 Å². The lowest BCUT2D eigenvalue weighted by Gasteiger charge is -2.38. The zero-order chi connectivity index (χ0) is 17.5. The molecule has 2 aliphatic heterocycles. The highest BCUT2D eigenvalue weighted by molar-refractivity contribution is 5.91. The van der Waals surface area contributed by atoms with E-state index >= 15 is 0 Å². The molecule has 0 N–H and O–H groups in total. The summed E-state index contributed by atoms with van der Waals surface area (Å²) in [5, 5.41) is 0. The number of amides is 2. The SMILES string of the molecule is CN1CCC[C@]2(CCN(C(=O)C3(c4ccccc4)CCCC3)C2)C1=O. The summed E-state index contributed by atoms with van der Waals surface area (Å²) < 4.78 is 0. The molecule has 3 aliphatic rings. The summed E-state index contributed by atoms with van der Waals surface area (Å²) in [5.74, 6) is 0.503. The molecule has 0 aromatic heterocycles. The van der Waals surface area contributed by atoms with Crippen LogP contribution in [0.5, 0.6) is 0 Å². The summed E-state index contributed by atoms with van der Waals surface area (Å²) in [5.41, 5.74) is 0.473. The minimum Gasteiger partial charge on any atom is -0.345 e. The van der Waals surface area contributed by atoms with Crippen molar-refractivity contribution in [3.05, 3.63) is 35.9 Å². The van der Waals surface area contributed by atoms with Crippen molar-refractivity contribution in [3.8, 4) is 0 Å². The van der Waals surface area contributed by atoms with E-state index < -0.39 is 0 Å². The van der Waals surface area contributed by atoms with Gasteiger partial charge in [0.05, 0.1) is 10.8 Å². The monoisotopic (exact) mass is 340 g/mol. The van der Waals surface area contributed by atoms with Crippen LogP contribution in [-0.2, 0) is 15.0 Å². The quantitative estimate of drug-likeness (QED) is 0.830. The number of hydrogen-bond acceptors (Lipinski definition) is 2. The van der Waals surface area contributed by atoms with Gasteiger partial charge in [0.2, 0.25) is 11.8 Å². The number of likely N-dealkylation sites (tertiary alicyclic amines) is 2.